The van der Waals surface area contributed by atoms with Crippen LogP contribution in [0.4, 0.5) is 4.79 Å². The molecule has 0 aliphatic heterocycles. The normalized spacial score (nSPS) is 10.7. The fourth-order valence-electron chi connectivity index (χ4n) is 6.95. The number of hydrogen-bond acceptors (Lipinski definition) is 15. The molecule has 6 aromatic rings. The van der Waals surface area contributed by atoms with Crippen molar-refractivity contribution in [3.63, 3.8) is 0 Å². The first-order chi connectivity index (χ1) is 29.2. The maximum absolute atomic E-state index is 13.9. The number of nitrogens with zero attached hydrogens (tertiary/aromatic N) is 4. The summed E-state index contributed by atoms with van der Waals surface area (Å²) >= 11 is 0. The van der Waals surface area contributed by atoms with Gasteiger partial charge in [0.2, 0.25) is 11.5 Å². The number of rotatable bonds is 16. The van der Waals surface area contributed by atoms with Crippen LogP contribution in [-0.2, 0) is 12.8 Å². The van der Waals surface area contributed by atoms with E-state index in [0.29, 0.717) is 104 Å². The molecule has 0 fully saturated rings. The van der Waals surface area contributed by atoms with Gasteiger partial charge in [0.15, 0.2) is 46.0 Å². The first-order valence-electron chi connectivity index (χ1n) is 18.7. The molecule has 2 aromatic heterocycles. The summed E-state index contributed by atoms with van der Waals surface area (Å²) in [5.41, 5.74) is 6.56. The highest BCUT2D eigenvalue weighted by molar-refractivity contribution is 5.86. The van der Waals surface area contributed by atoms with E-state index in [0.717, 1.165) is 11.1 Å². The Morgan fingerprint density at radius 3 is 1.07 bits per heavy atom. The van der Waals surface area contributed by atoms with Gasteiger partial charge in [0.1, 0.15) is 12.7 Å². The molecule has 60 heavy (non-hydrogen) atoms. The molecule has 0 saturated heterocycles. The zero-order valence-corrected chi connectivity index (χ0v) is 35.1. The summed E-state index contributed by atoms with van der Waals surface area (Å²) in [5.74, 6) is 3.64. The van der Waals surface area contributed by atoms with E-state index < -0.39 is 6.16 Å². The number of benzene rings is 4. The van der Waals surface area contributed by atoms with Crippen molar-refractivity contribution in [2.75, 3.05) is 56.9 Å². The van der Waals surface area contributed by atoms with E-state index in [1.807, 2.05) is 26.0 Å². The molecule has 0 aliphatic rings. The van der Waals surface area contributed by atoms with Crippen molar-refractivity contribution < 1.29 is 52.2 Å². The van der Waals surface area contributed by atoms with Crippen LogP contribution < -0.4 is 47.4 Å². The summed E-state index contributed by atoms with van der Waals surface area (Å²) in [6.45, 7) is 3.93. The standard InChI is InChI=1S/C45H46N4O11/c1-11-25-13-27(31-21-46-23-48-39(31)29-17-33(51-3)43(57-9)34(18-29)52-4)15-37(41(25)55-7)59-45(50)60-38-16-28(14-26(12-2)42(38)56-8)32-22-47-24-49-40(32)30-19-35(53-5)44(58-10)36(20-30)54-6/h13-24H,11-12H2,1-10H3. The molecule has 0 bridgehead atoms. The third kappa shape index (κ3) is 8.32. The topological polar surface area (TPSA) is 161 Å². The van der Waals surface area contributed by atoms with Gasteiger partial charge < -0.3 is 47.4 Å². The fraction of sp³-hybridized carbons (Fsp3) is 0.267. The third-order valence-electron chi connectivity index (χ3n) is 9.74. The van der Waals surface area contributed by atoms with Crippen molar-refractivity contribution in [2.24, 2.45) is 0 Å². The predicted octanol–water partition coefficient (Wildman–Crippen LogP) is 8.71. The maximum atomic E-state index is 13.9. The Bertz CT molecular complexity index is 2290. The van der Waals surface area contributed by atoms with Crippen LogP contribution in [0.3, 0.4) is 0 Å². The Hall–Kier alpha value is -7.29. The van der Waals surface area contributed by atoms with Crippen LogP contribution >= 0.6 is 0 Å². The average Bonchev–Trinajstić information content (AvgIpc) is 3.29. The van der Waals surface area contributed by atoms with E-state index in [-0.39, 0.29) is 11.5 Å². The smallest absolute Gasteiger partial charge is 0.493 e. The number of carbonyl (C=O) groups excluding carboxylic acids is 1. The highest BCUT2D eigenvalue weighted by Gasteiger charge is 2.25. The van der Waals surface area contributed by atoms with Gasteiger partial charge in [-0.2, -0.15) is 0 Å². The Morgan fingerprint density at radius 1 is 0.433 bits per heavy atom. The number of carbonyl (C=O) groups is 1. The minimum atomic E-state index is -1.03. The second-order valence-corrected chi connectivity index (χ2v) is 12.9. The quantitative estimate of drug-likeness (QED) is 0.0673. The second kappa shape index (κ2) is 19.0. The largest absolute Gasteiger partial charge is 0.519 e. The van der Waals surface area contributed by atoms with Crippen molar-refractivity contribution in [1.29, 1.82) is 0 Å². The molecule has 0 aliphatic carbocycles. The molecule has 0 saturated carbocycles. The zero-order valence-electron chi connectivity index (χ0n) is 35.1. The lowest BCUT2D eigenvalue weighted by Gasteiger charge is -2.19. The second-order valence-electron chi connectivity index (χ2n) is 12.9. The van der Waals surface area contributed by atoms with Crippen LogP contribution in [-0.4, -0.2) is 83.0 Å². The van der Waals surface area contributed by atoms with E-state index in [9.17, 15) is 4.79 Å². The molecule has 0 unspecified atom stereocenters. The Kier molecular flexibility index (Phi) is 13.4. The van der Waals surface area contributed by atoms with Crippen LogP contribution in [0, 0.1) is 0 Å². The molecule has 6 rings (SSSR count). The summed E-state index contributed by atoms with van der Waals surface area (Å²) in [4.78, 5) is 31.8. The molecule has 0 spiro atoms. The Labute approximate surface area is 348 Å². The molecular weight excluding hydrogens is 773 g/mol. The summed E-state index contributed by atoms with van der Waals surface area (Å²) in [5, 5.41) is 0. The summed E-state index contributed by atoms with van der Waals surface area (Å²) in [6, 6.07) is 14.4. The van der Waals surface area contributed by atoms with E-state index >= 15 is 0 Å². The number of aryl methyl sites for hydroxylation is 2. The SMILES string of the molecule is CCc1cc(-c2cncnc2-c2cc(OC)c(OC)c(OC)c2)cc(OC(=O)Oc2cc(-c3cncnc3-c3cc(OC)c(OC)c(OC)c3)cc(CC)c2OC)c1OC. The van der Waals surface area contributed by atoms with Gasteiger partial charge in [-0.15, -0.1) is 0 Å². The van der Waals surface area contributed by atoms with Crippen LogP contribution in [0.25, 0.3) is 44.8 Å². The lowest BCUT2D eigenvalue weighted by Crippen LogP contribution is -2.16. The summed E-state index contributed by atoms with van der Waals surface area (Å²) in [6.07, 6.45) is 6.30. The third-order valence-corrected chi connectivity index (χ3v) is 9.74. The van der Waals surface area contributed by atoms with Crippen molar-refractivity contribution >= 4 is 6.16 Å². The van der Waals surface area contributed by atoms with E-state index in [1.54, 1.807) is 77.2 Å². The summed E-state index contributed by atoms with van der Waals surface area (Å²) in [7, 11) is 12.3. The van der Waals surface area contributed by atoms with Gasteiger partial charge in [-0.05, 0) is 83.6 Å². The van der Waals surface area contributed by atoms with Crippen LogP contribution in [0.5, 0.6) is 57.5 Å². The van der Waals surface area contributed by atoms with Gasteiger partial charge in [-0.1, -0.05) is 13.8 Å². The Morgan fingerprint density at radius 2 is 0.767 bits per heavy atom. The van der Waals surface area contributed by atoms with Crippen LogP contribution in [0.1, 0.15) is 25.0 Å². The number of aromatic nitrogens is 4. The number of hydrogen-bond donors (Lipinski definition) is 0. The predicted molar refractivity (Wildman–Crippen MR) is 224 cm³/mol. The van der Waals surface area contributed by atoms with Gasteiger partial charge >= 0.3 is 6.16 Å². The van der Waals surface area contributed by atoms with E-state index in [4.69, 9.17) is 47.4 Å². The highest BCUT2D eigenvalue weighted by Crippen LogP contribution is 2.46. The zero-order chi connectivity index (χ0) is 42.9. The van der Waals surface area contributed by atoms with Gasteiger partial charge in [0.05, 0.1) is 68.3 Å². The first-order valence-corrected chi connectivity index (χ1v) is 18.7. The maximum Gasteiger partial charge on any atom is 0.519 e. The van der Waals surface area contributed by atoms with Gasteiger partial charge in [0.25, 0.3) is 0 Å². The lowest BCUT2D eigenvalue weighted by molar-refractivity contribution is 0.148. The van der Waals surface area contributed by atoms with Crippen LogP contribution in [0.2, 0.25) is 0 Å². The molecule has 0 atom stereocenters. The number of ether oxygens (including phenoxy) is 10. The molecule has 15 nitrogen and oxygen atoms in total. The molecule has 0 radical (unpaired) electrons. The molecule has 0 amide bonds. The van der Waals surface area contributed by atoms with Gasteiger partial charge in [-0.3, -0.25) is 0 Å². The molecule has 15 heteroatoms. The van der Waals surface area contributed by atoms with Crippen molar-refractivity contribution in [3.05, 3.63) is 84.7 Å². The average molecular weight is 819 g/mol. The van der Waals surface area contributed by atoms with Crippen molar-refractivity contribution in [2.45, 2.75) is 26.7 Å². The molecule has 4 aromatic carbocycles. The van der Waals surface area contributed by atoms with Crippen LogP contribution in [0.15, 0.2) is 73.6 Å². The first kappa shape index (κ1) is 42.3. The molecule has 312 valence electrons. The molecule has 2 heterocycles. The minimum absolute atomic E-state index is 0.114. The molecule has 0 N–H and O–H groups in total. The lowest BCUT2D eigenvalue weighted by atomic mass is 9.97. The molecular formula is C45H46N4O11. The Balaban J connectivity index is 1.41. The van der Waals surface area contributed by atoms with E-state index in [1.165, 1.54) is 41.1 Å². The van der Waals surface area contributed by atoms with Crippen molar-refractivity contribution in [3.8, 4) is 102 Å². The summed E-state index contributed by atoms with van der Waals surface area (Å²) < 4.78 is 57.1. The van der Waals surface area contributed by atoms with Gasteiger partial charge in [0, 0.05) is 34.6 Å². The van der Waals surface area contributed by atoms with Crippen molar-refractivity contribution in [1.82, 2.24) is 19.9 Å². The monoisotopic (exact) mass is 818 g/mol. The van der Waals surface area contributed by atoms with Gasteiger partial charge in [-0.25, -0.2) is 24.7 Å². The van der Waals surface area contributed by atoms with E-state index in [2.05, 4.69) is 19.9 Å². The fourth-order valence-corrected chi connectivity index (χ4v) is 6.95. The number of methoxy groups -OCH3 is 8. The minimum Gasteiger partial charge on any atom is -0.493 e. The highest BCUT2D eigenvalue weighted by atomic mass is 16.7.